The number of sulfone groups is 1. The molecule has 3 rings (SSSR count). The predicted octanol–water partition coefficient (Wildman–Crippen LogP) is 2.92. The first-order chi connectivity index (χ1) is 11.3. The average Bonchev–Trinajstić information content (AvgIpc) is 2.90. The van der Waals surface area contributed by atoms with Crippen molar-refractivity contribution < 1.29 is 8.42 Å². The number of benzene rings is 1. The summed E-state index contributed by atoms with van der Waals surface area (Å²) in [4.78, 5) is 9.20. The van der Waals surface area contributed by atoms with Crippen molar-refractivity contribution in [2.24, 2.45) is 0 Å². The molecule has 1 aliphatic heterocycles. The second kappa shape index (κ2) is 6.72. The standard InChI is InChI=1S/C17H23N3O2S2/c1-13-8-9-19(2)15-6-4-5-7-16(15)20(13)10-14-11-23-17(18-14)12-24(3,21)22/h4-7,11,13H,8-10,12H2,1-3H3/t13-/m0/s1. The molecular formula is C17H23N3O2S2. The lowest BCUT2D eigenvalue weighted by atomic mass is 10.1. The van der Waals surface area contributed by atoms with Crippen molar-refractivity contribution in [2.45, 2.75) is 31.7 Å². The van der Waals surface area contributed by atoms with Crippen LogP contribution < -0.4 is 9.80 Å². The summed E-state index contributed by atoms with van der Waals surface area (Å²) >= 11 is 1.43. The van der Waals surface area contributed by atoms with Gasteiger partial charge >= 0.3 is 0 Å². The number of fused-ring (bicyclic) bond motifs is 1. The molecule has 1 aliphatic rings. The highest BCUT2D eigenvalue weighted by molar-refractivity contribution is 7.90. The van der Waals surface area contributed by atoms with Crippen LogP contribution in [0.2, 0.25) is 0 Å². The minimum absolute atomic E-state index is 0.0204. The van der Waals surface area contributed by atoms with Crippen molar-refractivity contribution in [2.75, 3.05) is 29.6 Å². The fraction of sp³-hybridized carbons (Fsp3) is 0.471. The molecule has 0 bridgehead atoms. The average molecular weight is 366 g/mol. The lowest BCUT2D eigenvalue weighted by molar-refractivity contribution is 0.596. The zero-order valence-electron chi connectivity index (χ0n) is 14.3. The van der Waals surface area contributed by atoms with Gasteiger partial charge in [-0.05, 0) is 25.5 Å². The molecule has 1 aromatic carbocycles. The highest BCUT2D eigenvalue weighted by atomic mass is 32.2. The summed E-state index contributed by atoms with van der Waals surface area (Å²) in [6.45, 7) is 3.96. The highest BCUT2D eigenvalue weighted by Gasteiger charge is 2.24. The predicted molar refractivity (Wildman–Crippen MR) is 101 cm³/mol. The van der Waals surface area contributed by atoms with Crippen LogP contribution in [-0.4, -0.2) is 39.3 Å². The Balaban J connectivity index is 1.87. The number of para-hydroxylation sites is 2. The molecule has 0 aliphatic carbocycles. The molecule has 7 heteroatoms. The van der Waals surface area contributed by atoms with Gasteiger partial charge in [0, 0.05) is 31.3 Å². The molecule has 2 aromatic rings. The summed E-state index contributed by atoms with van der Waals surface area (Å²) in [6.07, 6.45) is 2.32. The smallest absolute Gasteiger partial charge is 0.153 e. The molecule has 0 N–H and O–H groups in total. The van der Waals surface area contributed by atoms with Gasteiger partial charge in [0.05, 0.1) is 23.6 Å². The summed E-state index contributed by atoms with van der Waals surface area (Å²) in [6, 6.07) is 8.83. The summed E-state index contributed by atoms with van der Waals surface area (Å²) in [5.41, 5.74) is 3.38. The van der Waals surface area contributed by atoms with E-state index >= 15 is 0 Å². The molecule has 24 heavy (non-hydrogen) atoms. The molecule has 0 unspecified atom stereocenters. The maximum atomic E-state index is 11.4. The minimum Gasteiger partial charge on any atom is -0.373 e. The van der Waals surface area contributed by atoms with E-state index in [1.54, 1.807) is 0 Å². The molecule has 130 valence electrons. The number of nitrogens with zero attached hydrogens (tertiary/aromatic N) is 3. The Hall–Kier alpha value is -1.60. The number of rotatable bonds is 4. The van der Waals surface area contributed by atoms with E-state index in [0.29, 0.717) is 17.6 Å². The van der Waals surface area contributed by atoms with Gasteiger partial charge in [-0.2, -0.15) is 0 Å². The first-order valence-electron chi connectivity index (χ1n) is 8.01. The summed E-state index contributed by atoms with van der Waals surface area (Å²) in [7, 11) is -0.915. The Kier molecular flexibility index (Phi) is 4.83. The maximum Gasteiger partial charge on any atom is 0.153 e. The largest absolute Gasteiger partial charge is 0.373 e. The van der Waals surface area contributed by atoms with E-state index in [1.807, 2.05) is 5.38 Å². The van der Waals surface area contributed by atoms with Crippen LogP contribution in [0.25, 0.3) is 0 Å². The lowest BCUT2D eigenvalue weighted by Gasteiger charge is -2.30. The molecule has 0 radical (unpaired) electrons. The molecule has 2 heterocycles. The van der Waals surface area contributed by atoms with Crippen LogP contribution in [0, 0.1) is 0 Å². The number of hydrogen-bond donors (Lipinski definition) is 0. The topological polar surface area (TPSA) is 53.5 Å². The van der Waals surface area contributed by atoms with Crippen LogP contribution in [0.5, 0.6) is 0 Å². The van der Waals surface area contributed by atoms with E-state index in [0.717, 1.165) is 18.7 Å². The summed E-state index contributed by atoms with van der Waals surface area (Å²) in [5, 5.41) is 2.64. The van der Waals surface area contributed by atoms with Gasteiger partial charge in [0.15, 0.2) is 9.84 Å². The van der Waals surface area contributed by atoms with E-state index in [1.165, 1.54) is 29.0 Å². The zero-order chi connectivity index (χ0) is 17.3. The van der Waals surface area contributed by atoms with Gasteiger partial charge in [-0.25, -0.2) is 13.4 Å². The van der Waals surface area contributed by atoms with Crippen molar-refractivity contribution in [1.82, 2.24) is 4.98 Å². The second-order valence-electron chi connectivity index (χ2n) is 6.48. The summed E-state index contributed by atoms with van der Waals surface area (Å²) < 4.78 is 22.9. The first-order valence-corrected chi connectivity index (χ1v) is 11.0. The van der Waals surface area contributed by atoms with E-state index < -0.39 is 9.84 Å². The van der Waals surface area contributed by atoms with E-state index in [2.05, 4.69) is 53.0 Å². The van der Waals surface area contributed by atoms with Gasteiger partial charge in [0.2, 0.25) is 0 Å². The molecular weight excluding hydrogens is 342 g/mol. The Morgan fingerprint density at radius 3 is 2.71 bits per heavy atom. The SMILES string of the molecule is C[C@H]1CCN(C)c2ccccc2N1Cc1csc(CS(C)(=O)=O)n1. The third-order valence-electron chi connectivity index (χ3n) is 4.33. The van der Waals surface area contributed by atoms with Gasteiger partial charge in [-0.15, -0.1) is 11.3 Å². The fourth-order valence-electron chi connectivity index (χ4n) is 3.05. The number of hydrogen-bond acceptors (Lipinski definition) is 6. The van der Waals surface area contributed by atoms with Crippen molar-refractivity contribution in [3.63, 3.8) is 0 Å². The van der Waals surface area contributed by atoms with Gasteiger partial charge in [-0.3, -0.25) is 0 Å². The van der Waals surface area contributed by atoms with Crippen molar-refractivity contribution in [3.8, 4) is 0 Å². The molecule has 0 amide bonds. The molecule has 0 fully saturated rings. The molecule has 1 aromatic heterocycles. The quantitative estimate of drug-likeness (QED) is 0.834. The Morgan fingerprint density at radius 1 is 1.29 bits per heavy atom. The van der Waals surface area contributed by atoms with Gasteiger partial charge in [0.1, 0.15) is 10.8 Å². The number of thiazole rings is 1. The molecule has 0 saturated carbocycles. The Bertz CT molecular complexity index is 817. The van der Waals surface area contributed by atoms with Crippen LogP contribution in [0.3, 0.4) is 0 Å². The van der Waals surface area contributed by atoms with Crippen LogP contribution in [0.1, 0.15) is 24.0 Å². The van der Waals surface area contributed by atoms with Gasteiger partial charge in [0.25, 0.3) is 0 Å². The maximum absolute atomic E-state index is 11.4. The third kappa shape index (κ3) is 3.89. The van der Waals surface area contributed by atoms with Gasteiger partial charge < -0.3 is 9.80 Å². The Labute approximate surface area is 147 Å². The Morgan fingerprint density at radius 2 is 2.00 bits per heavy atom. The monoisotopic (exact) mass is 365 g/mol. The van der Waals surface area contributed by atoms with Crippen LogP contribution >= 0.6 is 11.3 Å². The normalized spacial score (nSPS) is 18.4. The second-order valence-corrected chi connectivity index (χ2v) is 9.56. The highest BCUT2D eigenvalue weighted by Crippen LogP contribution is 2.34. The van der Waals surface area contributed by atoms with E-state index in [9.17, 15) is 8.42 Å². The van der Waals surface area contributed by atoms with Crippen molar-refractivity contribution >= 4 is 32.5 Å². The fourth-order valence-corrected chi connectivity index (χ4v) is 5.05. The van der Waals surface area contributed by atoms with Gasteiger partial charge in [-0.1, -0.05) is 12.1 Å². The first kappa shape index (κ1) is 17.2. The number of anilines is 2. The summed E-state index contributed by atoms with van der Waals surface area (Å²) in [5.74, 6) is 0.0204. The lowest BCUT2D eigenvalue weighted by Crippen LogP contribution is -2.32. The van der Waals surface area contributed by atoms with Crippen LogP contribution in [0.15, 0.2) is 29.6 Å². The van der Waals surface area contributed by atoms with Crippen LogP contribution in [-0.2, 0) is 22.1 Å². The number of aromatic nitrogens is 1. The molecule has 0 saturated heterocycles. The zero-order valence-corrected chi connectivity index (χ0v) is 15.9. The minimum atomic E-state index is -3.04. The van der Waals surface area contributed by atoms with Crippen molar-refractivity contribution in [1.29, 1.82) is 0 Å². The van der Waals surface area contributed by atoms with Crippen molar-refractivity contribution in [3.05, 3.63) is 40.3 Å². The molecule has 1 atom stereocenters. The molecule has 0 spiro atoms. The van der Waals surface area contributed by atoms with E-state index in [-0.39, 0.29) is 5.75 Å². The van der Waals surface area contributed by atoms with Crippen LogP contribution in [0.4, 0.5) is 11.4 Å². The molecule has 5 nitrogen and oxygen atoms in total. The third-order valence-corrected chi connectivity index (χ3v) is 6.21. The van der Waals surface area contributed by atoms with E-state index in [4.69, 9.17) is 0 Å².